The number of anilines is 1. The fourth-order valence-electron chi connectivity index (χ4n) is 2.14. The van der Waals surface area contributed by atoms with Gasteiger partial charge in [0.05, 0.1) is 6.04 Å². The predicted octanol–water partition coefficient (Wildman–Crippen LogP) is 4.99. The number of hydrogen-bond acceptors (Lipinski definition) is 2. The molecule has 2 aromatic rings. The smallest absolute Gasteiger partial charge is 0.150 e. The van der Waals surface area contributed by atoms with Crippen LogP contribution in [0.1, 0.15) is 11.6 Å². The molecule has 98 valence electrons. The highest BCUT2D eigenvalue weighted by molar-refractivity contribution is 9.10. The van der Waals surface area contributed by atoms with Crippen LogP contribution in [-0.4, -0.2) is 5.75 Å². The molecule has 0 amide bonds. The van der Waals surface area contributed by atoms with Crippen LogP contribution in [0.15, 0.2) is 45.8 Å². The van der Waals surface area contributed by atoms with E-state index in [0.717, 1.165) is 16.2 Å². The quantitative estimate of drug-likeness (QED) is 0.826. The molecule has 1 aliphatic heterocycles. The molecule has 1 aliphatic rings. The zero-order valence-electron chi connectivity index (χ0n) is 9.79. The average molecular weight is 342 g/mol. The molecule has 19 heavy (non-hydrogen) atoms. The summed E-state index contributed by atoms with van der Waals surface area (Å²) in [4.78, 5) is 1.16. The molecule has 0 aliphatic carbocycles. The van der Waals surface area contributed by atoms with Crippen molar-refractivity contribution < 1.29 is 8.78 Å². The summed E-state index contributed by atoms with van der Waals surface area (Å²) in [5.41, 5.74) is 1.03. The molecule has 1 heterocycles. The second-order valence-electron chi connectivity index (χ2n) is 4.29. The van der Waals surface area contributed by atoms with Crippen molar-refractivity contribution in [1.82, 2.24) is 0 Å². The molecule has 1 unspecified atom stereocenters. The van der Waals surface area contributed by atoms with Crippen molar-refractivity contribution in [2.45, 2.75) is 10.9 Å². The topological polar surface area (TPSA) is 12.0 Å². The van der Waals surface area contributed by atoms with Crippen molar-refractivity contribution in [3.05, 3.63) is 58.1 Å². The molecular formula is C14H10BrF2NS. The summed E-state index contributed by atoms with van der Waals surface area (Å²) in [6, 6.07) is 10.4. The maximum atomic E-state index is 13.8. The van der Waals surface area contributed by atoms with Gasteiger partial charge in [0.25, 0.3) is 0 Å². The van der Waals surface area contributed by atoms with Gasteiger partial charge in [-0.1, -0.05) is 34.1 Å². The highest BCUT2D eigenvalue weighted by Crippen LogP contribution is 2.40. The fraction of sp³-hybridized carbons (Fsp3) is 0.143. The summed E-state index contributed by atoms with van der Waals surface area (Å²) in [5.74, 6) is -0.392. The Labute approximate surface area is 122 Å². The lowest BCUT2D eigenvalue weighted by molar-refractivity contribution is 0.583. The van der Waals surface area contributed by atoms with Crippen LogP contribution in [0.25, 0.3) is 0 Å². The molecule has 0 saturated heterocycles. The second-order valence-corrected chi connectivity index (χ2v) is 6.27. The third-order valence-corrected chi connectivity index (χ3v) is 4.67. The lowest BCUT2D eigenvalue weighted by Gasteiger charge is -2.16. The lowest BCUT2D eigenvalue weighted by atomic mass is 10.1. The van der Waals surface area contributed by atoms with E-state index < -0.39 is 11.6 Å². The van der Waals surface area contributed by atoms with Gasteiger partial charge in [0, 0.05) is 15.1 Å². The van der Waals surface area contributed by atoms with Gasteiger partial charge < -0.3 is 5.32 Å². The van der Waals surface area contributed by atoms with Crippen LogP contribution in [0.4, 0.5) is 14.5 Å². The molecular weight excluding hydrogens is 332 g/mol. The molecule has 5 heteroatoms. The Bertz CT molecular complexity index is 610. The second kappa shape index (κ2) is 5.13. The number of thioether (sulfide) groups is 1. The molecule has 0 fully saturated rings. The summed E-state index contributed by atoms with van der Waals surface area (Å²) in [5, 5.41) is 2.97. The maximum Gasteiger partial charge on any atom is 0.150 e. The van der Waals surface area contributed by atoms with Crippen LogP contribution >= 0.6 is 27.7 Å². The van der Waals surface area contributed by atoms with Gasteiger partial charge in [-0.25, -0.2) is 8.78 Å². The predicted molar refractivity (Wildman–Crippen MR) is 77.6 cm³/mol. The first-order chi connectivity index (χ1) is 9.15. The molecule has 0 saturated carbocycles. The largest absolute Gasteiger partial charge is 0.373 e. The first-order valence-electron chi connectivity index (χ1n) is 5.78. The monoisotopic (exact) mass is 341 g/mol. The van der Waals surface area contributed by atoms with Crippen molar-refractivity contribution in [2.24, 2.45) is 0 Å². The van der Waals surface area contributed by atoms with Gasteiger partial charge in [0.15, 0.2) is 0 Å². The van der Waals surface area contributed by atoms with Crippen LogP contribution in [0.2, 0.25) is 0 Å². The van der Waals surface area contributed by atoms with Crippen molar-refractivity contribution in [3.8, 4) is 0 Å². The lowest BCUT2D eigenvalue weighted by Crippen LogP contribution is -2.12. The van der Waals surface area contributed by atoms with E-state index in [2.05, 4.69) is 21.2 Å². The van der Waals surface area contributed by atoms with Crippen LogP contribution in [0, 0.1) is 11.6 Å². The van der Waals surface area contributed by atoms with Crippen LogP contribution in [0.5, 0.6) is 0 Å². The van der Waals surface area contributed by atoms with Gasteiger partial charge in [0.2, 0.25) is 0 Å². The van der Waals surface area contributed by atoms with Crippen LogP contribution in [0.3, 0.4) is 0 Å². The Morgan fingerprint density at radius 1 is 1.16 bits per heavy atom. The summed E-state index contributed by atoms with van der Waals surface area (Å²) in [6.07, 6.45) is 0. The zero-order chi connectivity index (χ0) is 13.4. The summed E-state index contributed by atoms with van der Waals surface area (Å²) in [7, 11) is 0. The van der Waals surface area contributed by atoms with E-state index in [0.29, 0.717) is 4.47 Å². The van der Waals surface area contributed by atoms with E-state index in [1.54, 1.807) is 11.8 Å². The highest BCUT2D eigenvalue weighted by Gasteiger charge is 2.24. The zero-order valence-corrected chi connectivity index (χ0v) is 12.2. The van der Waals surface area contributed by atoms with Gasteiger partial charge in [-0.15, -0.1) is 11.8 Å². The molecule has 2 aromatic carbocycles. The third kappa shape index (κ3) is 2.49. The Hall–Kier alpha value is -1.07. The van der Waals surface area contributed by atoms with E-state index in [1.807, 2.05) is 24.3 Å². The highest BCUT2D eigenvalue weighted by atomic mass is 79.9. The first kappa shape index (κ1) is 12.9. The normalized spacial score (nSPS) is 17.3. The molecule has 1 nitrogen and oxygen atoms in total. The number of hydrogen-bond donors (Lipinski definition) is 1. The van der Waals surface area contributed by atoms with E-state index in [1.165, 1.54) is 12.1 Å². The minimum atomic E-state index is -0.582. The van der Waals surface area contributed by atoms with E-state index in [-0.39, 0.29) is 11.7 Å². The van der Waals surface area contributed by atoms with Crippen molar-refractivity contribution in [3.63, 3.8) is 0 Å². The Morgan fingerprint density at radius 3 is 2.58 bits per heavy atom. The van der Waals surface area contributed by atoms with E-state index in [9.17, 15) is 8.78 Å². The molecule has 3 rings (SSSR count). The minimum Gasteiger partial charge on any atom is -0.373 e. The Kier molecular flexibility index (Phi) is 3.50. The maximum absolute atomic E-state index is 13.8. The number of nitrogens with one attached hydrogen (secondary N) is 1. The number of halogens is 3. The number of fused-ring (bicyclic) bond motifs is 1. The van der Waals surface area contributed by atoms with Gasteiger partial charge in [0.1, 0.15) is 17.3 Å². The van der Waals surface area contributed by atoms with Gasteiger partial charge >= 0.3 is 0 Å². The Balaban J connectivity index is 1.92. The summed E-state index contributed by atoms with van der Waals surface area (Å²) < 4.78 is 28.0. The van der Waals surface area contributed by atoms with Crippen LogP contribution in [-0.2, 0) is 0 Å². The number of rotatable bonds is 2. The van der Waals surface area contributed by atoms with Crippen LogP contribution < -0.4 is 5.32 Å². The number of benzene rings is 2. The molecule has 1 atom stereocenters. The Morgan fingerprint density at radius 2 is 1.84 bits per heavy atom. The van der Waals surface area contributed by atoms with E-state index in [4.69, 9.17) is 0 Å². The summed E-state index contributed by atoms with van der Waals surface area (Å²) >= 11 is 4.77. The van der Waals surface area contributed by atoms with Gasteiger partial charge in [-0.05, 0) is 23.8 Å². The van der Waals surface area contributed by atoms with Gasteiger partial charge in [-0.3, -0.25) is 0 Å². The summed E-state index contributed by atoms with van der Waals surface area (Å²) in [6.45, 7) is 0. The fourth-order valence-corrected chi connectivity index (χ4v) is 3.70. The molecule has 0 bridgehead atoms. The SMILES string of the molecule is Fc1cc(Br)cc(F)c1NC1CSc2ccccc21. The molecule has 0 radical (unpaired) electrons. The molecule has 0 aromatic heterocycles. The first-order valence-corrected chi connectivity index (χ1v) is 7.56. The minimum absolute atomic E-state index is 0.0635. The molecule has 0 spiro atoms. The van der Waals surface area contributed by atoms with E-state index >= 15 is 0 Å². The average Bonchev–Trinajstić information content (AvgIpc) is 2.77. The van der Waals surface area contributed by atoms with Crippen molar-refractivity contribution in [1.29, 1.82) is 0 Å². The van der Waals surface area contributed by atoms with Crippen molar-refractivity contribution in [2.75, 3.05) is 11.1 Å². The molecule has 1 N–H and O–H groups in total. The standard InChI is InChI=1S/C14H10BrF2NS/c15-8-5-10(16)14(11(17)6-8)18-12-7-19-13-4-2-1-3-9(12)13/h1-6,12,18H,7H2. The van der Waals surface area contributed by atoms with Crippen molar-refractivity contribution >= 4 is 33.4 Å². The third-order valence-electron chi connectivity index (χ3n) is 3.03. The van der Waals surface area contributed by atoms with Gasteiger partial charge in [-0.2, -0.15) is 0 Å².